The fourth-order valence-corrected chi connectivity index (χ4v) is 3.03. The Hall–Kier alpha value is -1.72. The Bertz CT molecular complexity index is 628. The highest BCUT2D eigenvalue weighted by atomic mass is 32.1. The molecule has 1 N–H and O–H groups in total. The Morgan fingerprint density at radius 1 is 1.41 bits per heavy atom. The fraction of sp³-hybridized carbons (Fsp3) is 0.353. The summed E-state index contributed by atoms with van der Waals surface area (Å²) in [5.74, 6) is -0.257. The van der Waals surface area contributed by atoms with Crippen LogP contribution < -0.4 is 5.32 Å². The number of hydrogen-bond donors (Lipinski definition) is 1. The Morgan fingerprint density at radius 2 is 2.18 bits per heavy atom. The number of aryl methyl sites for hydroxylation is 1. The van der Waals surface area contributed by atoms with E-state index in [1.54, 1.807) is 30.4 Å². The lowest BCUT2D eigenvalue weighted by Crippen LogP contribution is -2.35. The lowest BCUT2D eigenvalue weighted by Gasteiger charge is -2.23. The van der Waals surface area contributed by atoms with Crippen LogP contribution in [0.15, 0.2) is 35.7 Å². The molecule has 1 unspecified atom stereocenters. The van der Waals surface area contributed by atoms with Crippen molar-refractivity contribution in [2.45, 2.75) is 26.4 Å². The number of nitrogens with zero attached hydrogens (tertiary/aromatic N) is 1. The predicted molar refractivity (Wildman–Crippen MR) is 88.3 cm³/mol. The Labute approximate surface area is 134 Å². The smallest absolute Gasteiger partial charge is 0.234 e. The molecule has 2 rings (SSSR count). The van der Waals surface area contributed by atoms with Crippen molar-refractivity contribution in [1.82, 2.24) is 10.2 Å². The number of carbonyl (C=O) groups excluding carboxylic acids is 1. The second-order valence-corrected chi connectivity index (χ2v) is 6.45. The Morgan fingerprint density at radius 3 is 2.82 bits per heavy atom. The quantitative estimate of drug-likeness (QED) is 0.883. The molecular weight excluding hydrogens is 299 g/mol. The van der Waals surface area contributed by atoms with Gasteiger partial charge in [0.25, 0.3) is 0 Å². The monoisotopic (exact) mass is 320 g/mol. The van der Waals surface area contributed by atoms with Crippen molar-refractivity contribution < 1.29 is 9.18 Å². The molecule has 1 atom stereocenters. The van der Waals surface area contributed by atoms with Gasteiger partial charge in [-0.25, -0.2) is 4.39 Å². The topological polar surface area (TPSA) is 32.3 Å². The molecule has 0 aliphatic heterocycles. The number of rotatable bonds is 6. The zero-order valence-corrected chi connectivity index (χ0v) is 13.9. The second kappa shape index (κ2) is 7.51. The summed E-state index contributed by atoms with van der Waals surface area (Å²) in [5.41, 5.74) is 1.50. The van der Waals surface area contributed by atoms with Crippen molar-refractivity contribution in [3.8, 4) is 0 Å². The number of halogens is 1. The molecule has 1 heterocycles. The summed E-state index contributed by atoms with van der Waals surface area (Å²) in [4.78, 5) is 15.3. The van der Waals surface area contributed by atoms with E-state index in [9.17, 15) is 9.18 Å². The lowest BCUT2D eigenvalue weighted by atomic mass is 10.1. The van der Waals surface area contributed by atoms with Crippen LogP contribution >= 0.6 is 11.3 Å². The first-order chi connectivity index (χ1) is 10.5. The van der Waals surface area contributed by atoms with Gasteiger partial charge in [-0.15, -0.1) is 11.3 Å². The molecule has 0 saturated carbocycles. The number of likely N-dealkylation sites (N-methyl/N-ethyl adjacent to an activating group) is 1. The third-order valence-electron chi connectivity index (χ3n) is 3.72. The van der Waals surface area contributed by atoms with Crippen molar-refractivity contribution in [3.05, 3.63) is 57.5 Å². The highest BCUT2D eigenvalue weighted by molar-refractivity contribution is 7.10. The first kappa shape index (κ1) is 16.6. The minimum Gasteiger partial charge on any atom is -0.351 e. The SMILES string of the molecule is Cc1cc(CNC(=O)CN(C)C(C)c2cccs2)ccc1F. The van der Waals surface area contributed by atoms with Gasteiger partial charge in [0.15, 0.2) is 0 Å². The van der Waals surface area contributed by atoms with Crippen LogP contribution in [0.2, 0.25) is 0 Å². The van der Waals surface area contributed by atoms with Crippen LogP contribution in [-0.4, -0.2) is 24.4 Å². The van der Waals surface area contributed by atoms with Crippen LogP contribution in [0, 0.1) is 12.7 Å². The first-order valence-corrected chi connectivity index (χ1v) is 8.10. The molecule has 0 bridgehead atoms. The van der Waals surface area contributed by atoms with Gasteiger partial charge in [0.05, 0.1) is 6.54 Å². The molecule has 0 saturated heterocycles. The Kier molecular flexibility index (Phi) is 5.69. The molecule has 1 aromatic heterocycles. The summed E-state index contributed by atoms with van der Waals surface area (Å²) < 4.78 is 13.2. The standard InChI is InChI=1S/C17H21FN2OS/c1-12-9-14(6-7-15(12)18)10-19-17(21)11-20(3)13(2)16-5-4-8-22-16/h4-9,13H,10-11H2,1-3H3,(H,19,21). The van der Waals surface area contributed by atoms with E-state index in [1.165, 1.54) is 10.9 Å². The molecule has 118 valence electrons. The van der Waals surface area contributed by atoms with Crippen LogP contribution in [0.25, 0.3) is 0 Å². The van der Waals surface area contributed by atoms with Crippen molar-refractivity contribution in [1.29, 1.82) is 0 Å². The number of hydrogen-bond acceptors (Lipinski definition) is 3. The molecule has 2 aromatic rings. The first-order valence-electron chi connectivity index (χ1n) is 7.22. The Balaban J connectivity index is 1.83. The number of thiophene rings is 1. The van der Waals surface area contributed by atoms with Crippen LogP contribution in [0.5, 0.6) is 0 Å². The van der Waals surface area contributed by atoms with E-state index in [2.05, 4.69) is 18.3 Å². The van der Waals surface area contributed by atoms with Crippen molar-refractivity contribution >= 4 is 17.2 Å². The molecule has 0 radical (unpaired) electrons. The van der Waals surface area contributed by atoms with Gasteiger partial charge >= 0.3 is 0 Å². The maximum absolute atomic E-state index is 13.2. The lowest BCUT2D eigenvalue weighted by molar-refractivity contribution is -0.122. The van der Waals surface area contributed by atoms with Crippen LogP contribution in [-0.2, 0) is 11.3 Å². The minimum atomic E-state index is -0.223. The average molecular weight is 320 g/mol. The maximum atomic E-state index is 13.2. The van der Waals surface area contributed by atoms with Gasteiger partial charge in [-0.3, -0.25) is 9.69 Å². The van der Waals surface area contributed by atoms with E-state index in [1.807, 2.05) is 23.4 Å². The summed E-state index contributed by atoms with van der Waals surface area (Å²) >= 11 is 1.69. The molecule has 0 fully saturated rings. The maximum Gasteiger partial charge on any atom is 0.234 e. The van der Waals surface area contributed by atoms with Crippen molar-refractivity contribution in [3.63, 3.8) is 0 Å². The molecule has 3 nitrogen and oxygen atoms in total. The van der Waals surface area contributed by atoms with E-state index in [-0.39, 0.29) is 17.8 Å². The van der Waals surface area contributed by atoms with Gasteiger partial charge in [0, 0.05) is 17.5 Å². The molecule has 5 heteroatoms. The third kappa shape index (κ3) is 4.39. The molecular formula is C17H21FN2OS. The molecule has 0 aliphatic rings. The van der Waals surface area contributed by atoms with E-state index in [4.69, 9.17) is 0 Å². The summed E-state index contributed by atoms with van der Waals surface area (Å²) in [5, 5.41) is 4.92. The van der Waals surface area contributed by atoms with Gasteiger partial charge in [0.1, 0.15) is 5.82 Å². The van der Waals surface area contributed by atoms with Gasteiger partial charge in [-0.2, -0.15) is 0 Å². The van der Waals surface area contributed by atoms with E-state index in [0.717, 1.165) is 5.56 Å². The predicted octanol–water partition coefficient (Wildman–Crippen LogP) is 3.50. The van der Waals surface area contributed by atoms with Crippen LogP contribution in [0.1, 0.15) is 29.0 Å². The molecule has 0 spiro atoms. The summed E-state index contributed by atoms with van der Waals surface area (Å²) in [6, 6.07) is 9.18. The van der Waals surface area contributed by atoms with Crippen molar-refractivity contribution in [2.24, 2.45) is 0 Å². The van der Waals surface area contributed by atoms with E-state index >= 15 is 0 Å². The number of nitrogens with one attached hydrogen (secondary N) is 1. The summed E-state index contributed by atoms with van der Waals surface area (Å²) in [6.07, 6.45) is 0. The highest BCUT2D eigenvalue weighted by Gasteiger charge is 2.15. The van der Waals surface area contributed by atoms with Gasteiger partial charge in [-0.1, -0.05) is 18.2 Å². The fourth-order valence-electron chi connectivity index (χ4n) is 2.18. The second-order valence-electron chi connectivity index (χ2n) is 5.47. The molecule has 0 aliphatic carbocycles. The van der Waals surface area contributed by atoms with E-state index in [0.29, 0.717) is 18.7 Å². The average Bonchev–Trinajstić information content (AvgIpc) is 3.02. The largest absolute Gasteiger partial charge is 0.351 e. The summed E-state index contributed by atoms with van der Waals surface area (Å²) in [6.45, 7) is 4.56. The van der Waals surface area contributed by atoms with Crippen molar-refractivity contribution in [2.75, 3.05) is 13.6 Å². The number of amides is 1. The van der Waals surface area contributed by atoms with Gasteiger partial charge in [-0.05, 0) is 49.5 Å². The summed E-state index contributed by atoms with van der Waals surface area (Å²) in [7, 11) is 1.94. The normalized spacial score (nSPS) is 12.4. The number of carbonyl (C=O) groups is 1. The zero-order valence-electron chi connectivity index (χ0n) is 13.1. The zero-order chi connectivity index (χ0) is 16.1. The van der Waals surface area contributed by atoms with Gasteiger partial charge in [0.2, 0.25) is 5.91 Å². The van der Waals surface area contributed by atoms with Gasteiger partial charge < -0.3 is 5.32 Å². The highest BCUT2D eigenvalue weighted by Crippen LogP contribution is 2.22. The molecule has 1 aromatic carbocycles. The third-order valence-corrected chi connectivity index (χ3v) is 4.76. The van der Waals surface area contributed by atoms with E-state index < -0.39 is 0 Å². The number of benzene rings is 1. The minimum absolute atomic E-state index is 0.0344. The molecule has 22 heavy (non-hydrogen) atoms. The van der Waals surface area contributed by atoms with Crippen LogP contribution in [0.4, 0.5) is 4.39 Å². The molecule has 1 amide bonds. The van der Waals surface area contributed by atoms with Crippen LogP contribution in [0.3, 0.4) is 0 Å².